The molecule has 2 amide bonds. The van der Waals surface area contributed by atoms with Crippen LogP contribution in [0.3, 0.4) is 0 Å². The van der Waals surface area contributed by atoms with Crippen molar-refractivity contribution in [3.05, 3.63) is 83.1 Å². The van der Waals surface area contributed by atoms with Crippen LogP contribution in [0.2, 0.25) is 0 Å². The van der Waals surface area contributed by atoms with E-state index in [4.69, 9.17) is 9.72 Å². The van der Waals surface area contributed by atoms with Crippen LogP contribution in [0.4, 0.5) is 4.79 Å². The molecule has 194 valence electrons. The van der Waals surface area contributed by atoms with Crippen molar-refractivity contribution in [3.63, 3.8) is 0 Å². The minimum atomic E-state index is -0.776. The highest BCUT2D eigenvalue weighted by molar-refractivity contribution is 5.95. The fraction of sp³-hybridized carbons (Fsp3) is 0.269. The number of rotatable bonds is 5. The summed E-state index contributed by atoms with van der Waals surface area (Å²) >= 11 is 0. The molecule has 0 aliphatic carbocycles. The molecule has 1 aliphatic rings. The molecule has 0 fully saturated rings. The first kappa shape index (κ1) is 24.8. The maximum atomic E-state index is 13.3. The molecule has 1 unspecified atom stereocenters. The zero-order valence-electron chi connectivity index (χ0n) is 20.9. The van der Waals surface area contributed by atoms with Crippen LogP contribution in [0.5, 0.6) is 0 Å². The van der Waals surface area contributed by atoms with Gasteiger partial charge in [-0.05, 0) is 30.7 Å². The summed E-state index contributed by atoms with van der Waals surface area (Å²) in [4.78, 5) is 53.3. The molecule has 3 aromatic heterocycles. The normalized spacial score (nSPS) is 14.9. The summed E-state index contributed by atoms with van der Waals surface area (Å²) in [5, 5.41) is 7.15. The molecular weight excluding hydrogens is 488 g/mol. The predicted molar refractivity (Wildman–Crippen MR) is 137 cm³/mol. The van der Waals surface area contributed by atoms with Gasteiger partial charge in [0.2, 0.25) is 0 Å². The molecule has 1 atom stereocenters. The Hall–Kier alpha value is -4.87. The number of hydrogen-bond acceptors (Lipinski definition) is 8. The molecule has 4 aromatic rings. The van der Waals surface area contributed by atoms with E-state index in [0.717, 1.165) is 11.1 Å². The van der Waals surface area contributed by atoms with E-state index in [1.54, 1.807) is 42.2 Å². The topological polar surface area (TPSA) is 137 Å². The molecule has 12 nitrogen and oxygen atoms in total. The lowest BCUT2D eigenvalue weighted by Crippen LogP contribution is -2.41. The van der Waals surface area contributed by atoms with Crippen molar-refractivity contribution in [3.8, 4) is 22.5 Å². The van der Waals surface area contributed by atoms with E-state index in [1.807, 2.05) is 25.4 Å². The van der Waals surface area contributed by atoms with Crippen LogP contribution in [0, 0.1) is 0 Å². The Morgan fingerprint density at radius 2 is 1.92 bits per heavy atom. The van der Waals surface area contributed by atoms with Crippen LogP contribution in [-0.4, -0.2) is 65.9 Å². The second-order valence-corrected chi connectivity index (χ2v) is 8.74. The number of benzene rings is 1. The Bertz CT molecular complexity index is 1510. The van der Waals surface area contributed by atoms with E-state index in [0.29, 0.717) is 22.8 Å². The highest BCUT2D eigenvalue weighted by atomic mass is 16.6. The number of nitrogens with zero attached hydrogens (tertiary/aromatic N) is 7. The molecule has 1 aromatic carbocycles. The van der Waals surface area contributed by atoms with E-state index >= 15 is 0 Å². The van der Waals surface area contributed by atoms with Gasteiger partial charge in [0.25, 0.3) is 11.5 Å². The van der Waals surface area contributed by atoms with Gasteiger partial charge in [-0.2, -0.15) is 5.10 Å². The van der Waals surface area contributed by atoms with E-state index < -0.39 is 12.1 Å². The Balaban J connectivity index is 1.48. The summed E-state index contributed by atoms with van der Waals surface area (Å²) in [6, 6.07) is 9.38. The highest BCUT2D eigenvalue weighted by Gasteiger charge is 2.30. The summed E-state index contributed by atoms with van der Waals surface area (Å²) in [5.41, 5.74) is 2.80. The number of nitrogens with one attached hydrogen (secondary N) is 1. The standard InChI is InChI=1S/C26H26N8O4/c1-3-38-26(37)33-10-11-34-23(35)12-21(20-8-9-27-16-28-20)30-24(34)22(15-33)31-25(36)18-6-4-17(5-7-18)19-13-29-32(2)14-19/h4-9,12-14,16,22H,3,10-11,15H2,1-2H3,(H,31,36). The van der Waals surface area contributed by atoms with Crippen molar-refractivity contribution in [1.29, 1.82) is 0 Å². The van der Waals surface area contributed by atoms with Gasteiger partial charge in [-0.1, -0.05) is 12.1 Å². The largest absolute Gasteiger partial charge is 0.450 e. The third-order valence-corrected chi connectivity index (χ3v) is 6.21. The average molecular weight is 515 g/mol. The van der Waals surface area contributed by atoms with Gasteiger partial charge < -0.3 is 15.0 Å². The molecule has 5 rings (SSSR count). The molecule has 4 heterocycles. The zero-order valence-corrected chi connectivity index (χ0v) is 20.9. The van der Waals surface area contributed by atoms with Crippen molar-refractivity contribution in [1.82, 2.24) is 39.5 Å². The van der Waals surface area contributed by atoms with Crippen molar-refractivity contribution in [2.75, 3.05) is 19.7 Å². The van der Waals surface area contributed by atoms with E-state index in [9.17, 15) is 14.4 Å². The monoisotopic (exact) mass is 514 g/mol. The van der Waals surface area contributed by atoms with Gasteiger partial charge in [0.1, 0.15) is 18.2 Å². The van der Waals surface area contributed by atoms with Gasteiger partial charge in [0.15, 0.2) is 0 Å². The minimum Gasteiger partial charge on any atom is -0.450 e. The van der Waals surface area contributed by atoms with Gasteiger partial charge in [0, 0.05) is 49.7 Å². The molecule has 0 radical (unpaired) electrons. The van der Waals surface area contributed by atoms with Gasteiger partial charge in [0.05, 0.1) is 30.7 Å². The lowest BCUT2D eigenvalue weighted by Gasteiger charge is -2.24. The summed E-state index contributed by atoms with van der Waals surface area (Å²) in [7, 11) is 1.84. The Kier molecular flexibility index (Phi) is 6.94. The fourth-order valence-electron chi connectivity index (χ4n) is 4.32. The summed E-state index contributed by atoms with van der Waals surface area (Å²) in [5.74, 6) is -0.0371. The quantitative estimate of drug-likeness (QED) is 0.427. The summed E-state index contributed by atoms with van der Waals surface area (Å²) in [6.45, 7) is 2.44. The maximum Gasteiger partial charge on any atom is 0.409 e. The molecule has 1 N–H and O–H groups in total. The van der Waals surface area contributed by atoms with Crippen LogP contribution in [0.25, 0.3) is 22.5 Å². The third kappa shape index (κ3) is 5.14. The van der Waals surface area contributed by atoms with Crippen molar-refractivity contribution in [2.45, 2.75) is 19.5 Å². The maximum absolute atomic E-state index is 13.3. The summed E-state index contributed by atoms with van der Waals surface area (Å²) in [6.07, 6.45) is 6.05. The number of fused-ring (bicyclic) bond motifs is 1. The van der Waals surface area contributed by atoms with Crippen molar-refractivity contribution >= 4 is 12.0 Å². The van der Waals surface area contributed by atoms with Gasteiger partial charge in [-0.25, -0.2) is 19.7 Å². The molecular formula is C26H26N8O4. The molecule has 0 spiro atoms. The van der Waals surface area contributed by atoms with Gasteiger partial charge >= 0.3 is 6.09 Å². The zero-order chi connectivity index (χ0) is 26.6. The van der Waals surface area contributed by atoms with E-state index in [1.165, 1.54) is 21.9 Å². The first-order valence-electron chi connectivity index (χ1n) is 12.1. The molecule has 0 saturated carbocycles. The number of hydrogen-bond donors (Lipinski definition) is 1. The van der Waals surface area contributed by atoms with Crippen LogP contribution in [-0.2, 0) is 18.3 Å². The van der Waals surface area contributed by atoms with Crippen LogP contribution in [0.15, 0.2) is 66.1 Å². The van der Waals surface area contributed by atoms with Crippen LogP contribution < -0.4 is 10.9 Å². The van der Waals surface area contributed by atoms with Gasteiger partial charge in [-0.3, -0.25) is 18.8 Å². The van der Waals surface area contributed by atoms with E-state index in [-0.39, 0.29) is 37.7 Å². The molecule has 0 saturated heterocycles. The lowest BCUT2D eigenvalue weighted by molar-refractivity contribution is 0.0890. The van der Waals surface area contributed by atoms with E-state index in [2.05, 4.69) is 20.4 Å². The number of carbonyl (C=O) groups is 2. The highest BCUT2D eigenvalue weighted by Crippen LogP contribution is 2.22. The number of amides is 2. The Morgan fingerprint density at radius 1 is 1.11 bits per heavy atom. The lowest BCUT2D eigenvalue weighted by atomic mass is 10.1. The van der Waals surface area contributed by atoms with Crippen molar-refractivity contribution in [2.24, 2.45) is 7.05 Å². The number of aromatic nitrogens is 6. The number of carbonyl (C=O) groups excluding carboxylic acids is 2. The summed E-state index contributed by atoms with van der Waals surface area (Å²) < 4.78 is 8.38. The minimum absolute atomic E-state index is 0.0814. The number of aryl methyl sites for hydroxylation is 1. The smallest absolute Gasteiger partial charge is 0.409 e. The second-order valence-electron chi connectivity index (χ2n) is 8.74. The first-order valence-corrected chi connectivity index (χ1v) is 12.1. The molecule has 12 heteroatoms. The average Bonchev–Trinajstić information content (AvgIpc) is 3.28. The number of ether oxygens (including phenoxy) is 1. The SMILES string of the molecule is CCOC(=O)N1CCn2c(nc(-c3ccncn3)cc2=O)C(NC(=O)c2ccc(-c3cnn(C)c3)cc2)C1. The fourth-order valence-corrected chi connectivity index (χ4v) is 4.32. The molecule has 38 heavy (non-hydrogen) atoms. The third-order valence-electron chi connectivity index (χ3n) is 6.21. The van der Waals surface area contributed by atoms with Crippen LogP contribution >= 0.6 is 0 Å². The molecule has 0 bridgehead atoms. The Labute approximate surface area is 217 Å². The van der Waals surface area contributed by atoms with Crippen molar-refractivity contribution < 1.29 is 14.3 Å². The van der Waals surface area contributed by atoms with Crippen LogP contribution in [0.1, 0.15) is 29.1 Å². The van der Waals surface area contributed by atoms with Gasteiger partial charge in [-0.15, -0.1) is 0 Å². The first-order chi connectivity index (χ1) is 18.4. The molecule has 1 aliphatic heterocycles. The Morgan fingerprint density at radius 3 is 2.61 bits per heavy atom. The predicted octanol–water partition coefficient (Wildman–Crippen LogP) is 2.04. The second kappa shape index (κ2) is 10.6.